The van der Waals surface area contributed by atoms with Crippen LogP contribution in [-0.4, -0.2) is 15.8 Å². The molecule has 4 atom stereocenters. The Kier molecular flexibility index (Phi) is 7.47. The third-order valence-corrected chi connectivity index (χ3v) is 8.52. The first-order valence-corrected chi connectivity index (χ1v) is 14.0. The summed E-state index contributed by atoms with van der Waals surface area (Å²) in [6, 6.07) is 22.0. The Labute approximate surface area is 230 Å². The Balaban J connectivity index is 1.69. The number of piperidine rings is 1. The normalized spacial score (nSPS) is 24.6. The summed E-state index contributed by atoms with van der Waals surface area (Å²) in [6.07, 6.45) is 6.34. The van der Waals surface area contributed by atoms with E-state index in [4.69, 9.17) is 28.2 Å². The number of likely N-dealkylation sites (tertiary alicyclic amines) is 1. The Morgan fingerprint density at radius 2 is 1.78 bits per heavy atom. The van der Waals surface area contributed by atoms with Gasteiger partial charge in [0.25, 0.3) is 0 Å². The molecule has 1 aliphatic heterocycles. The Hall–Kier alpha value is -2.62. The summed E-state index contributed by atoms with van der Waals surface area (Å²) in [4.78, 5) is 21.8. The molecule has 3 nitrogen and oxygen atoms in total. The first-order valence-electron chi connectivity index (χ1n) is 13.3. The molecule has 2 aromatic carbocycles. The van der Waals surface area contributed by atoms with Gasteiger partial charge in [0.05, 0.1) is 23.2 Å². The van der Waals surface area contributed by atoms with Gasteiger partial charge < -0.3 is 4.90 Å². The van der Waals surface area contributed by atoms with Gasteiger partial charge >= 0.3 is 0 Å². The van der Waals surface area contributed by atoms with Gasteiger partial charge in [-0.3, -0.25) is 9.78 Å². The lowest BCUT2D eigenvalue weighted by Gasteiger charge is -2.52. The fourth-order valence-electron chi connectivity index (χ4n) is 6.04. The molecule has 2 heterocycles. The van der Waals surface area contributed by atoms with Crippen molar-refractivity contribution in [3.63, 3.8) is 0 Å². The van der Waals surface area contributed by atoms with Crippen molar-refractivity contribution >= 4 is 29.1 Å². The molecule has 3 aromatic rings. The standard InChI is InChI=1S/C32H34Cl2N2O/c1-4-18-32(3)20-26(23-8-6-9-25(34)19-23)30(22-14-16-24(33)17-15-22)36(31(32)37)29(5-2)28-11-7-10-27(35-28)21-12-13-21/h4,6-11,14-17,19,21,26,29-30H,1,5,12-13,18,20H2,2-3H3/t26-,29+,30-,32+/m1/s1. The van der Waals surface area contributed by atoms with Crippen molar-refractivity contribution in [1.29, 1.82) is 0 Å². The second kappa shape index (κ2) is 10.6. The number of halogens is 2. The van der Waals surface area contributed by atoms with E-state index in [1.807, 2.05) is 36.4 Å². The van der Waals surface area contributed by atoms with Gasteiger partial charge in [0.2, 0.25) is 5.91 Å². The molecule has 37 heavy (non-hydrogen) atoms. The zero-order valence-corrected chi connectivity index (χ0v) is 23.1. The van der Waals surface area contributed by atoms with Gasteiger partial charge in [0.1, 0.15) is 0 Å². The molecule has 2 fully saturated rings. The Bertz CT molecular complexity index is 1290. The number of carbonyl (C=O) groups is 1. The van der Waals surface area contributed by atoms with E-state index >= 15 is 0 Å². The minimum Gasteiger partial charge on any atom is -0.326 e. The predicted molar refractivity (Wildman–Crippen MR) is 152 cm³/mol. The number of nitrogens with zero attached hydrogens (tertiary/aromatic N) is 2. The molecule has 1 aliphatic carbocycles. The van der Waals surface area contributed by atoms with Gasteiger partial charge in [0.15, 0.2) is 0 Å². The topological polar surface area (TPSA) is 33.2 Å². The third-order valence-electron chi connectivity index (χ3n) is 8.04. The van der Waals surface area contributed by atoms with Crippen LogP contribution in [-0.2, 0) is 4.79 Å². The number of hydrogen-bond donors (Lipinski definition) is 0. The van der Waals surface area contributed by atoms with Crippen LogP contribution < -0.4 is 0 Å². The molecule has 5 rings (SSSR count). The van der Waals surface area contributed by atoms with E-state index in [1.165, 1.54) is 12.8 Å². The van der Waals surface area contributed by atoms with Crippen molar-refractivity contribution < 1.29 is 4.79 Å². The molecule has 0 bridgehead atoms. The van der Waals surface area contributed by atoms with Crippen molar-refractivity contribution in [2.75, 3.05) is 0 Å². The smallest absolute Gasteiger partial charge is 0.229 e. The fourth-order valence-corrected chi connectivity index (χ4v) is 6.37. The van der Waals surface area contributed by atoms with Crippen molar-refractivity contribution in [3.8, 4) is 0 Å². The summed E-state index contributed by atoms with van der Waals surface area (Å²) >= 11 is 12.8. The first-order chi connectivity index (χ1) is 17.8. The summed E-state index contributed by atoms with van der Waals surface area (Å²) in [5.74, 6) is 0.742. The van der Waals surface area contributed by atoms with Gasteiger partial charge in [-0.05, 0) is 79.6 Å². The highest BCUT2D eigenvalue weighted by Gasteiger charge is 2.51. The van der Waals surface area contributed by atoms with Crippen LogP contribution in [0.3, 0.4) is 0 Å². The average Bonchev–Trinajstić information content (AvgIpc) is 3.74. The first kappa shape index (κ1) is 26.0. The monoisotopic (exact) mass is 532 g/mol. The molecular weight excluding hydrogens is 499 g/mol. The van der Waals surface area contributed by atoms with Crippen molar-refractivity contribution in [3.05, 3.63) is 112 Å². The molecule has 2 aliphatic rings. The summed E-state index contributed by atoms with van der Waals surface area (Å²) in [7, 11) is 0. The molecule has 0 unspecified atom stereocenters. The van der Waals surface area contributed by atoms with Gasteiger partial charge in [0, 0.05) is 27.6 Å². The van der Waals surface area contributed by atoms with Gasteiger partial charge in [-0.2, -0.15) is 0 Å². The average molecular weight is 534 g/mol. The number of amides is 1. The highest BCUT2D eigenvalue weighted by Crippen LogP contribution is 2.54. The zero-order chi connectivity index (χ0) is 26.2. The molecule has 1 aromatic heterocycles. The molecule has 0 spiro atoms. The van der Waals surface area contributed by atoms with Crippen LogP contribution in [0.2, 0.25) is 10.0 Å². The van der Waals surface area contributed by atoms with E-state index in [0.717, 1.165) is 28.9 Å². The zero-order valence-electron chi connectivity index (χ0n) is 21.5. The molecule has 1 saturated carbocycles. The predicted octanol–water partition coefficient (Wildman–Crippen LogP) is 9.06. The maximum atomic E-state index is 14.5. The summed E-state index contributed by atoms with van der Waals surface area (Å²) < 4.78 is 0. The van der Waals surface area contributed by atoms with Crippen LogP contribution in [0.25, 0.3) is 0 Å². The number of hydrogen-bond acceptors (Lipinski definition) is 2. The molecule has 0 radical (unpaired) electrons. The van der Waals surface area contributed by atoms with Crippen LogP contribution in [0, 0.1) is 5.41 Å². The highest BCUT2D eigenvalue weighted by molar-refractivity contribution is 6.30. The number of pyridine rings is 1. The molecule has 1 saturated heterocycles. The summed E-state index contributed by atoms with van der Waals surface area (Å²) in [6.45, 7) is 8.23. The van der Waals surface area contributed by atoms with Crippen LogP contribution in [0.5, 0.6) is 0 Å². The van der Waals surface area contributed by atoms with E-state index in [9.17, 15) is 4.79 Å². The van der Waals surface area contributed by atoms with Gasteiger partial charge in [-0.25, -0.2) is 0 Å². The van der Waals surface area contributed by atoms with E-state index in [0.29, 0.717) is 28.8 Å². The van der Waals surface area contributed by atoms with Gasteiger partial charge in [-0.15, -0.1) is 6.58 Å². The second-order valence-electron chi connectivity index (χ2n) is 10.8. The van der Waals surface area contributed by atoms with Crippen molar-refractivity contribution in [2.24, 2.45) is 5.41 Å². The van der Waals surface area contributed by atoms with Crippen LogP contribution in [0.4, 0.5) is 0 Å². The van der Waals surface area contributed by atoms with Crippen LogP contribution in [0.15, 0.2) is 79.4 Å². The summed E-state index contributed by atoms with van der Waals surface area (Å²) in [5.41, 5.74) is 3.73. The van der Waals surface area contributed by atoms with Gasteiger partial charge in [-0.1, -0.05) is 73.5 Å². The van der Waals surface area contributed by atoms with Crippen molar-refractivity contribution in [2.45, 2.75) is 69.9 Å². The lowest BCUT2D eigenvalue weighted by Crippen LogP contribution is -2.53. The molecule has 192 valence electrons. The third kappa shape index (κ3) is 5.22. The van der Waals surface area contributed by atoms with E-state index in [2.05, 4.69) is 61.7 Å². The van der Waals surface area contributed by atoms with E-state index in [-0.39, 0.29) is 23.9 Å². The maximum Gasteiger partial charge on any atom is 0.229 e. The second-order valence-corrected chi connectivity index (χ2v) is 11.7. The largest absolute Gasteiger partial charge is 0.326 e. The minimum absolute atomic E-state index is 0.0446. The summed E-state index contributed by atoms with van der Waals surface area (Å²) in [5, 5.41) is 1.38. The molecule has 5 heteroatoms. The lowest BCUT2D eigenvalue weighted by atomic mass is 9.67. The number of carbonyl (C=O) groups excluding carboxylic acids is 1. The molecule has 1 amide bonds. The van der Waals surface area contributed by atoms with Crippen LogP contribution in [0.1, 0.15) is 92.4 Å². The Morgan fingerprint density at radius 1 is 1.05 bits per heavy atom. The van der Waals surface area contributed by atoms with Crippen molar-refractivity contribution in [1.82, 2.24) is 9.88 Å². The quantitative estimate of drug-likeness (QED) is 0.271. The number of rotatable bonds is 8. The number of allylic oxidation sites excluding steroid dienone is 1. The maximum absolute atomic E-state index is 14.5. The van der Waals surface area contributed by atoms with E-state index in [1.54, 1.807) is 0 Å². The molecule has 0 N–H and O–H groups in total. The number of benzene rings is 2. The lowest BCUT2D eigenvalue weighted by molar-refractivity contribution is -0.155. The minimum atomic E-state index is -0.584. The van der Waals surface area contributed by atoms with Crippen LogP contribution >= 0.6 is 23.2 Å². The SMILES string of the molecule is C=CC[C@@]1(C)C[C@H](c2cccc(Cl)c2)[C@@H](c2ccc(Cl)cc2)N([C@@H](CC)c2cccc(C3CC3)n2)C1=O. The highest BCUT2D eigenvalue weighted by atomic mass is 35.5. The molecular formula is C32H34Cl2N2O. The Morgan fingerprint density at radius 3 is 2.43 bits per heavy atom. The number of aromatic nitrogens is 1. The van der Waals surface area contributed by atoms with E-state index < -0.39 is 5.41 Å². The fraction of sp³-hybridized carbons (Fsp3) is 0.375.